The molecule has 1 atom stereocenters. The molecule has 170 valence electrons. The van der Waals surface area contributed by atoms with E-state index >= 15 is 0 Å². The maximum Gasteiger partial charge on any atom is 0.433 e. The van der Waals surface area contributed by atoms with Crippen LogP contribution >= 0.6 is 0 Å². The van der Waals surface area contributed by atoms with Crippen LogP contribution in [-0.2, 0) is 17.5 Å². The van der Waals surface area contributed by atoms with Gasteiger partial charge in [-0.1, -0.05) is 5.21 Å². The van der Waals surface area contributed by atoms with Gasteiger partial charge in [-0.05, 0) is 13.3 Å². The number of imidazole rings is 1. The number of amides is 1. The van der Waals surface area contributed by atoms with Crippen LogP contribution in [0.1, 0.15) is 19.0 Å². The van der Waals surface area contributed by atoms with Crippen LogP contribution < -0.4 is 10.2 Å². The van der Waals surface area contributed by atoms with E-state index in [0.29, 0.717) is 25.5 Å². The van der Waals surface area contributed by atoms with E-state index < -0.39 is 11.9 Å². The molecule has 5 rings (SSSR count). The summed E-state index contributed by atoms with van der Waals surface area (Å²) in [5, 5.41) is 11.2. The Labute approximate surface area is 181 Å². The van der Waals surface area contributed by atoms with Crippen LogP contribution in [0, 0.1) is 0 Å². The molecule has 5 heterocycles. The highest BCUT2D eigenvalue weighted by Gasteiger charge is 2.37. The van der Waals surface area contributed by atoms with Gasteiger partial charge >= 0.3 is 6.18 Å². The highest BCUT2D eigenvalue weighted by Crippen LogP contribution is 2.35. The van der Waals surface area contributed by atoms with Crippen LogP contribution in [0.3, 0.4) is 0 Å². The van der Waals surface area contributed by atoms with Crippen molar-refractivity contribution in [3.05, 3.63) is 24.3 Å². The maximum atomic E-state index is 13.5. The van der Waals surface area contributed by atoms with E-state index in [2.05, 4.69) is 25.6 Å². The second-order valence-corrected chi connectivity index (χ2v) is 8.05. The fourth-order valence-corrected chi connectivity index (χ4v) is 3.97. The van der Waals surface area contributed by atoms with Crippen LogP contribution in [-0.4, -0.2) is 78.9 Å². The summed E-state index contributed by atoms with van der Waals surface area (Å²) in [6, 6.07) is 0.153. The summed E-state index contributed by atoms with van der Waals surface area (Å²) < 4.78 is 43.0. The van der Waals surface area contributed by atoms with Gasteiger partial charge in [-0.3, -0.25) is 9.20 Å². The number of halogens is 3. The zero-order valence-electron chi connectivity index (χ0n) is 17.4. The molecule has 1 N–H and O–H groups in total. The topological polar surface area (TPSA) is 96.5 Å². The lowest BCUT2D eigenvalue weighted by atomic mass is 10.1. The molecule has 0 spiro atoms. The van der Waals surface area contributed by atoms with E-state index in [1.807, 2.05) is 11.8 Å². The first-order valence-corrected chi connectivity index (χ1v) is 10.4. The largest absolute Gasteiger partial charge is 0.433 e. The Morgan fingerprint density at radius 2 is 1.97 bits per heavy atom. The van der Waals surface area contributed by atoms with Gasteiger partial charge in [0.25, 0.3) is 0 Å². The minimum absolute atomic E-state index is 0.00410. The number of anilines is 1. The van der Waals surface area contributed by atoms with E-state index in [1.54, 1.807) is 4.90 Å². The standard InChI is InChI=1S/C19H22F3N9O/c1-12-2-5-30(12)18-17-24-8-15(19(20,21)22)31(17)10-13(25-18)14-9-29(27-26-14)11-16(32)28-6-3-23-4-7-28/h8-10,12,23H,2-7,11H2,1H3/t12-/m0/s1. The van der Waals surface area contributed by atoms with Crippen molar-refractivity contribution >= 4 is 17.4 Å². The minimum Gasteiger partial charge on any atom is -0.351 e. The normalized spacial score (nSPS) is 19.4. The first-order valence-electron chi connectivity index (χ1n) is 10.4. The van der Waals surface area contributed by atoms with Crippen molar-refractivity contribution in [1.29, 1.82) is 0 Å². The van der Waals surface area contributed by atoms with E-state index in [4.69, 9.17) is 0 Å². The minimum atomic E-state index is -4.57. The first-order chi connectivity index (χ1) is 15.3. The van der Waals surface area contributed by atoms with Crippen LogP contribution in [0.5, 0.6) is 0 Å². The van der Waals surface area contributed by atoms with Gasteiger partial charge in [-0.25, -0.2) is 14.6 Å². The lowest BCUT2D eigenvalue weighted by Gasteiger charge is -2.39. The average molecular weight is 449 g/mol. The summed E-state index contributed by atoms with van der Waals surface area (Å²) in [5.74, 6) is 0.290. The Kier molecular flexibility index (Phi) is 4.99. The van der Waals surface area contributed by atoms with Gasteiger partial charge in [-0.2, -0.15) is 13.2 Å². The number of hydrogen-bond acceptors (Lipinski definition) is 7. The monoisotopic (exact) mass is 449 g/mol. The third-order valence-electron chi connectivity index (χ3n) is 5.92. The fraction of sp³-hybridized carbons (Fsp3) is 0.526. The molecule has 0 radical (unpaired) electrons. The molecule has 3 aromatic rings. The Morgan fingerprint density at radius 3 is 2.62 bits per heavy atom. The molecular formula is C19H22F3N9O. The zero-order chi connectivity index (χ0) is 22.5. The number of fused-ring (bicyclic) bond motifs is 1. The van der Waals surface area contributed by atoms with Gasteiger partial charge in [-0.15, -0.1) is 5.10 Å². The molecule has 0 aliphatic carbocycles. The summed E-state index contributed by atoms with van der Waals surface area (Å²) in [5.41, 5.74) is -0.215. The molecule has 2 aliphatic rings. The lowest BCUT2D eigenvalue weighted by molar-refractivity contribution is -0.141. The molecule has 3 aromatic heterocycles. The molecule has 0 unspecified atom stereocenters. The third-order valence-corrected chi connectivity index (χ3v) is 5.92. The van der Waals surface area contributed by atoms with Crippen molar-refractivity contribution in [2.45, 2.75) is 32.1 Å². The predicted octanol–water partition coefficient (Wildman–Crippen LogP) is 1.04. The van der Waals surface area contributed by atoms with Gasteiger partial charge < -0.3 is 15.1 Å². The van der Waals surface area contributed by atoms with Crippen molar-refractivity contribution in [2.75, 3.05) is 37.6 Å². The number of rotatable bonds is 4. The maximum absolute atomic E-state index is 13.5. The molecule has 0 aromatic carbocycles. The molecule has 32 heavy (non-hydrogen) atoms. The van der Waals surface area contributed by atoms with Crippen molar-refractivity contribution in [3.8, 4) is 11.4 Å². The number of hydrogen-bond donors (Lipinski definition) is 1. The van der Waals surface area contributed by atoms with Crippen LogP contribution in [0.15, 0.2) is 18.6 Å². The number of carbonyl (C=O) groups excluding carboxylic acids is 1. The van der Waals surface area contributed by atoms with E-state index in [-0.39, 0.29) is 35.5 Å². The fourth-order valence-electron chi connectivity index (χ4n) is 3.97. The molecule has 2 saturated heterocycles. The zero-order valence-corrected chi connectivity index (χ0v) is 17.4. The van der Waals surface area contributed by atoms with Crippen LogP contribution in [0.25, 0.3) is 17.0 Å². The highest BCUT2D eigenvalue weighted by atomic mass is 19.4. The third kappa shape index (κ3) is 3.66. The second-order valence-electron chi connectivity index (χ2n) is 8.05. The van der Waals surface area contributed by atoms with Gasteiger partial charge in [0.05, 0.1) is 12.4 Å². The van der Waals surface area contributed by atoms with E-state index in [9.17, 15) is 18.0 Å². The lowest BCUT2D eigenvalue weighted by Crippen LogP contribution is -2.47. The van der Waals surface area contributed by atoms with Crippen molar-refractivity contribution < 1.29 is 18.0 Å². The summed E-state index contributed by atoms with van der Waals surface area (Å²) in [7, 11) is 0. The summed E-state index contributed by atoms with van der Waals surface area (Å²) in [4.78, 5) is 24.7. The Balaban J connectivity index is 1.49. The van der Waals surface area contributed by atoms with Gasteiger partial charge in [0, 0.05) is 45.0 Å². The number of piperazine rings is 1. The number of nitrogens with one attached hydrogen (secondary N) is 1. The molecule has 1 amide bonds. The number of alkyl halides is 3. The molecule has 2 aliphatic heterocycles. The van der Waals surface area contributed by atoms with Gasteiger partial charge in [0.15, 0.2) is 11.5 Å². The molecule has 2 fully saturated rings. The highest BCUT2D eigenvalue weighted by molar-refractivity contribution is 5.76. The predicted molar refractivity (Wildman–Crippen MR) is 108 cm³/mol. The number of nitrogens with zero attached hydrogens (tertiary/aromatic N) is 8. The first kappa shape index (κ1) is 20.7. The molecule has 0 saturated carbocycles. The summed E-state index contributed by atoms with van der Waals surface area (Å²) >= 11 is 0. The van der Waals surface area contributed by atoms with Crippen molar-refractivity contribution in [1.82, 2.24) is 39.6 Å². The SMILES string of the molecule is C[C@H]1CCN1c1nc(-c2cn(CC(=O)N3CCNCC3)nn2)cn2c(C(F)(F)F)cnc12. The second kappa shape index (κ2) is 7.73. The van der Waals surface area contributed by atoms with Gasteiger partial charge in [0.2, 0.25) is 5.91 Å². The molecule has 13 heteroatoms. The van der Waals surface area contributed by atoms with Crippen molar-refractivity contribution in [3.63, 3.8) is 0 Å². The van der Waals surface area contributed by atoms with E-state index in [0.717, 1.165) is 30.1 Å². The Morgan fingerprint density at radius 1 is 1.19 bits per heavy atom. The molecular weight excluding hydrogens is 427 g/mol. The number of aromatic nitrogens is 6. The van der Waals surface area contributed by atoms with Crippen molar-refractivity contribution in [2.24, 2.45) is 0 Å². The average Bonchev–Trinajstić information content (AvgIpc) is 3.40. The summed E-state index contributed by atoms with van der Waals surface area (Å²) in [6.07, 6.45) is -0.0243. The summed E-state index contributed by atoms with van der Waals surface area (Å²) in [6.45, 7) is 5.40. The quantitative estimate of drug-likeness (QED) is 0.636. The Bertz CT molecular complexity index is 1150. The van der Waals surface area contributed by atoms with E-state index in [1.165, 1.54) is 17.1 Å². The number of carbonyl (C=O) groups is 1. The van der Waals surface area contributed by atoms with Crippen LogP contribution in [0.2, 0.25) is 0 Å². The Hall–Kier alpha value is -3.22. The molecule has 0 bridgehead atoms. The van der Waals surface area contributed by atoms with Crippen LogP contribution in [0.4, 0.5) is 19.0 Å². The smallest absolute Gasteiger partial charge is 0.351 e. The van der Waals surface area contributed by atoms with Gasteiger partial charge in [0.1, 0.15) is 23.6 Å². The molecule has 10 nitrogen and oxygen atoms in total.